The van der Waals surface area contributed by atoms with Crippen molar-refractivity contribution in [2.75, 3.05) is 0 Å². The molecule has 4 aromatic carbocycles. The molecule has 39 heavy (non-hydrogen) atoms. The molecule has 0 aliphatic carbocycles. The fourth-order valence-corrected chi connectivity index (χ4v) is 4.86. The summed E-state index contributed by atoms with van der Waals surface area (Å²) in [6.07, 6.45) is 0. The number of nitro benzene ring substituents is 2. The normalized spacial score (nSPS) is 11.1. The van der Waals surface area contributed by atoms with Crippen LogP contribution in [0.15, 0.2) is 108 Å². The average Bonchev–Trinajstić information content (AvgIpc) is 2.96. The van der Waals surface area contributed by atoms with E-state index in [1.54, 1.807) is 12.1 Å². The number of non-ortho nitro benzene ring substituents is 2. The van der Waals surface area contributed by atoms with Crippen LogP contribution in [0.4, 0.5) is 11.4 Å². The number of nitrogens with one attached hydrogen (secondary N) is 1. The van der Waals surface area contributed by atoms with Crippen LogP contribution in [0.25, 0.3) is 55.3 Å². The first-order chi connectivity index (χ1) is 18.9. The summed E-state index contributed by atoms with van der Waals surface area (Å²) in [5.41, 5.74) is 3.55. The highest BCUT2D eigenvalue weighted by molar-refractivity contribution is 6.04. The number of aromatic nitrogens is 2. The molecule has 0 bridgehead atoms. The summed E-state index contributed by atoms with van der Waals surface area (Å²) in [5.74, 6) is 0. The molecule has 6 aromatic rings. The van der Waals surface area contributed by atoms with Crippen molar-refractivity contribution in [1.29, 1.82) is 0 Å². The average molecular weight is 514 g/mol. The van der Waals surface area contributed by atoms with Crippen LogP contribution in [0.1, 0.15) is 0 Å². The topological polar surface area (TPSA) is 132 Å². The van der Waals surface area contributed by atoms with E-state index in [1.807, 2.05) is 60.7 Å². The maximum absolute atomic E-state index is 13.7. The Kier molecular flexibility index (Phi) is 5.65. The zero-order chi connectivity index (χ0) is 27.1. The molecule has 0 aliphatic heterocycles. The van der Waals surface area contributed by atoms with Gasteiger partial charge in [-0.3, -0.25) is 25.0 Å². The highest BCUT2D eigenvalue weighted by Crippen LogP contribution is 2.39. The standard InChI is InChI=1S/C30H18N4O5/c35-30-29(28(19-9-5-2-6-10-19)24-16-21(34(38)39)12-14-26(24)32-30)27-17-22(18-7-3-1-4-8-18)23-15-20(33(36)37)11-13-25(23)31-27/h1-17H,(H,32,35). The number of rotatable bonds is 5. The third-order valence-corrected chi connectivity index (χ3v) is 6.62. The molecule has 1 N–H and O–H groups in total. The number of aromatic amines is 1. The predicted molar refractivity (Wildman–Crippen MR) is 149 cm³/mol. The van der Waals surface area contributed by atoms with E-state index >= 15 is 0 Å². The van der Waals surface area contributed by atoms with Gasteiger partial charge >= 0.3 is 0 Å². The van der Waals surface area contributed by atoms with Crippen LogP contribution in [0.5, 0.6) is 0 Å². The molecule has 0 spiro atoms. The largest absolute Gasteiger partial charge is 0.321 e. The van der Waals surface area contributed by atoms with Crippen LogP contribution in [0.3, 0.4) is 0 Å². The Hall–Kier alpha value is -5.70. The second-order valence-electron chi connectivity index (χ2n) is 8.94. The zero-order valence-corrected chi connectivity index (χ0v) is 20.2. The maximum atomic E-state index is 13.7. The first-order valence-corrected chi connectivity index (χ1v) is 12.0. The van der Waals surface area contributed by atoms with Crippen molar-refractivity contribution in [1.82, 2.24) is 9.97 Å². The molecule has 0 amide bonds. The van der Waals surface area contributed by atoms with E-state index < -0.39 is 15.4 Å². The monoisotopic (exact) mass is 514 g/mol. The van der Waals surface area contributed by atoms with E-state index in [2.05, 4.69) is 4.98 Å². The third-order valence-electron chi connectivity index (χ3n) is 6.62. The van der Waals surface area contributed by atoms with Crippen molar-refractivity contribution < 1.29 is 9.85 Å². The van der Waals surface area contributed by atoms with Gasteiger partial charge in [-0.1, -0.05) is 60.7 Å². The molecule has 0 atom stereocenters. The SMILES string of the molecule is O=c1[nH]c2ccc([N+](=O)[O-])cc2c(-c2ccccc2)c1-c1cc(-c2ccccc2)c2cc([N+](=O)[O-])ccc2n1. The molecule has 0 radical (unpaired) electrons. The lowest BCUT2D eigenvalue weighted by molar-refractivity contribution is -0.384. The number of fused-ring (bicyclic) bond motifs is 2. The van der Waals surface area contributed by atoms with Crippen LogP contribution in [-0.4, -0.2) is 19.8 Å². The third kappa shape index (κ3) is 4.17. The number of pyridine rings is 2. The second kappa shape index (κ2) is 9.31. The van der Waals surface area contributed by atoms with Gasteiger partial charge in [0.2, 0.25) is 0 Å². The number of benzene rings is 4. The Bertz CT molecular complexity index is 1990. The lowest BCUT2D eigenvalue weighted by atomic mass is 9.92. The number of hydrogen-bond donors (Lipinski definition) is 1. The summed E-state index contributed by atoms with van der Waals surface area (Å²) in [6, 6.07) is 29.0. The second-order valence-corrected chi connectivity index (χ2v) is 8.94. The summed E-state index contributed by atoms with van der Waals surface area (Å²) in [6.45, 7) is 0. The van der Waals surface area contributed by atoms with Gasteiger partial charge in [0.15, 0.2) is 0 Å². The molecule has 0 aliphatic rings. The molecule has 188 valence electrons. The molecule has 9 heteroatoms. The summed E-state index contributed by atoms with van der Waals surface area (Å²) in [7, 11) is 0. The van der Waals surface area contributed by atoms with E-state index in [-0.39, 0.29) is 16.9 Å². The van der Waals surface area contributed by atoms with Crippen LogP contribution >= 0.6 is 0 Å². The van der Waals surface area contributed by atoms with Gasteiger partial charge in [-0.25, -0.2) is 4.98 Å². The van der Waals surface area contributed by atoms with Crippen molar-refractivity contribution in [2.24, 2.45) is 0 Å². The number of nitrogens with zero attached hydrogens (tertiary/aromatic N) is 3. The zero-order valence-electron chi connectivity index (χ0n) is 20.2. The molecule has 2 aromatic heterocycles. The van der Waals surface area contributed by atoms with Gasteiger partial charge in [0.1, 0.15) is 0 Å². The minimum absolute atomic E-state index is 0.0740. The van der Waals surface area contributed by atoms with Crippen LogP contribution in [0, 0.1) is 20.2 Å². The summed E-state index contributed by atoms with van der Waals surface area (Å²) in [5, 5.41) is 24.2. The quantitative estimate of drug-likeness (QED) is 0.197. The van der Waals surface area contributed by atoms with Crippen molar-refractivity contribution in [3.63, 3.8) is 0 Å². The van der Waals surface area contributed by atoms with E-state index in [1.165, 1.54) is 30.3 Å². The Balaban J connectivity index is 1.75. The molecule has 0 saturated carbocycles. The number of H-pyrrole nitrogens is 1. The van der Waals surface area contributed by atoms with Crippen LogP contribution < -0.4 is 5.56 Å². The van der Waals surface area contributed by atoms with Crippen LogP contribution in [-0.2, 0) is 0 Å². The van der Waals surface area contributed by atoms with E-state index in [0.717, 1.165) is 5.56 Å². The molecule has 0 saturated heterocycles. The summed E-state index contributed by atoms with van der Waals surface area (Å²) >= 11 is 0. The van der Waals surface area contributed by atoms with Crippen molar-refractivity contribution in [3.05, 3.63) is 134 Å². The smallest absolute Gasteiger partial charge is 0.270 e. The van der Waals surface area contributed by atoms with Crippen LogP contribution in [0.2, 0.25) is 0 Å². The van der Waals surface area contributed by atoms with E-state index in [4.69, 9.17) is 4.98 Å². The fourth-order valence-electron chi connectivity index (χ4n) is 4.86. The molecular weight excluding hydrogens is 496 g/mol. The first-order valence-electron chi connectivity index (χ1n) is 12.0. The molecule has 2 heterocycles. The molecular formula is C30H18N4O5. The van der Waals surface area contributed by atoms with E-state index in [9.17, 15) is 25.0 Å². The Morgan fingerprint density at radius 1 is 0.641 bits per heavy atom. The van der Waals surface area contributed by atoms with Gasteiger partial charge < -0.3 is 4.98 Å². The van der Waals surface area contributed by atoms with Gasteiger partial charge in [-0.2, -0.15) is 0 Å². The molecule has 0 unspecified atom stereocenters. The minimum atomic E-state index is -0.478. The van der Waals surface area contributed by atoms with Gasteiger partial charge in [-0.15, -0.1) is 0 Å². The Labute approximate surface area is 220 Å². The summed E-state index contributed by atoms with van der Waals surface area (Å²) in [4.78, 5) is 43.5. The van der Waals surface area contributed by atoms with E-state index in [0.29, 0.717) is 44.2 Å². The highest BCUT2D eigenvalue weighted by Gasteiger charge is 2.22. The van der Waals surface area contributed by atoms with Gasteiger partial charge in [-0.05, 0) is 34.9 Å². The minimum Gasteiger partial charge on any atom is -0.321 e. The van der Waals surface area contributed by atoms with Gasteiger partial charge in [0, 0.05) is 46.1 Å². The predicted octanol–water partition coefficient (Wildman–Crippen LogP) is 6.89. The molecule has 0 fully saturated rings. The van der Waals surface area contributed by atoms with Gasteiger partial charge in [0.25, 0.3) is 16.9 Å². The first kappa shape index (κ1) is 23.7. The van der Waals surface area contributed by atoms with Gasteiger partial charge in [0.05, 0.1) is 26.6 Å². The fraction of sp³-hybridized carbons (Fsp3) is 0. The van der Waals surface area contributed by atoms with Crippen molar-refractivity contribution in [2.45, 2.75) is 0 Å². The highest BCUT2D eigenvalue weighted by atomic mass is 16.6. The maximum Gasteiger partial charge on any atom is 0.270 e. The van der Waals surface area contributed by atoms with Crippen molar-refractivity contribution >= 4 is 33.2 Å². The Morgan fingerprint density at radius 3 is 1.87 bits per heavy atom. The summed E-state index contributed by atoms with van der Waals surface area (Å²) < 4.78 is 0. The Morgan fingerprint density at radius 2 is 1.23 bits per heavy atom. The lowest BCUT2D eigenvalue weighted by Gasteiger charge is -2.15. The lowest BCUT2D eigenvalue weighted by Crippen LogP contribution is -2.12. The molecule has 9 nitrogen and oxygen atoms in total. The number of nitro groups is 2. The number of hydrogen-bond acceptors (Lipinski definition) is 6. The molecule has 6 rings (SSSR count). The van der Waals surface area contributed by atoms with Crippen molar-refractivity contribution in [3.8, 4) is 33.5 Å².